The number of anilines is 1. The predicted molar refractivity (Wildman–Crippen MR) is 85.9 cm³/mol. The highest BCUT2D eigenvalue weighted by molar-refractivity contribution is 6.32. The summed E-state index contributed by atoms with van der Waals surface area (Å²) in [6, 6.07) is 0.745. The molecule has 1 aliphatic rings. The predicted octanol–water partition coefficient (Wildman–Crippen LogP) is 2.31. The van der Waals surface area contributed by atoms with Crippen molar-refractivity contribution in [3.05, 3.63) is 22.8 Å². The van der Waals surface area contributed by atoms with Gasteiger partial charge in [0.15, 0.2) is 0 Å². The van der Waals surface area contributed by atoms with Gasteiger partial charge in [-0.3, -0.25) is 9.59 Å². The number of aliphatic carboxylic acids is 1. The summed E-state index contributed by atoms with van der Waals surface area (Å²) in [5, 5.41) is 14.1. The van der Waals surface area contributed by atoms with E-state index in [0.29, 0.717) is 19.2 Å². The van der Waals surface area contributed by atoms with Gasteiger partial charge in [-0.25, -0.2) is 4.98 Å². The molecule has 0 aromatic carbocycles. The van der Waals surface area contributed by atoms with Crippen LogP contribution in [-0.4, -0.2) is 47.3 Å². The van der Waals surface area contributed by atoms with Gasteiger partial charge in [0.1, 0.15) is 5.82 Å². The zero-order chi connectivity index (χ0) is 19.4. The number of aromatic nitrogens is 1. The molecule has 0 spiro atoms. The molecule has 1 aliphatic heterocycles. The summed E-state index contributed by atoms with van der Waals surface area (Å²) in [6.07, 6.45) is -3.80. The first kappa shape index (κ1) is 20.2. The summed E-state index contributed by atoms with van der Waals surface area (Å²) >= 11 is 5.76. The Morgan fingerprint density at radius 3 is 2.69 bits per heavy atom. The van der Waals surface area contributed by atoms with Gasteiger partial charge in [-0.1, -0.05) is 11.6 Å². The van der Waals surface area contributed by atoms with Crippen LogP contribution in [0.15, 0.2) is 12.3 Å². The van der Waals surface area contributed by atoms with Crippen LogP contribution in [0.4, 0.5) is 19.0 Å². The Hall–Kier alpha value is -2.07. The van der Waals surface area contributed by atoms with Crippen molar-refractivity contribution >= 4 is 29.3 Å². The molecule has 1 fully saturated rings. The minimum absolute atomic E-state index is 0.0249. The van der Waals surface area contributed by atoms with Crippen molar-refractivity contribution in [1.29, 1.82) is 0 Å². The van der Waals surface area contributed by atoms with Crippen LogP contribution in [0.25, 0.3) is 0 Å². The van der Waals surface area contributed by atoms with Crippen molar-refractivity contribution in [2.24, 2.45) is 0 Å². The van der Waals surface area contributed by atoms with E-state index in [-0.39, 0.29) is 36.8 Å². The average molecular weight is 396 g/mol. The quantitative estimate of drug-likeness (QED) is 0.655. The first-order chi connectivity index (χ1) is 12.1. The monoisotopic (exact) mass is 395 g/mol. The Balaban J connectivity index is 1.87. The summed E-state index contributed by atoms with van der Waals surface area (Å²) in [4.78, 5) is 26.6. The summed E-state index contributed by atoms with van der Waals surface area (Å²) in [7, 11) is 0. The van der Waals surface area contributed by atoms with Crippen molar-refractivity contribution in [3.8, 4) is 0 Å². The maximum atomic E-state index is 12.6. The van der Waals surface area contributed by atoms with Gasteiger partial charge >= 0.3 is 12.1 Å². The Kier molecular flexibility index (Phi) is 6.30. The number of nitrogens with one attached hydrogen (secondary N) is 2. The number of rotatable bonds is 7. The normalized spacial score (nSPS) is 20.0. The molecular formula is C15H17ClF3N3O4. The number of carbonyl (C=O) groups is 2. The number of halogens is 4. The van der Waals surface area contributed by atoms with Crippen LogP contribution in [0.3, 0.4) is 0 Å². The molecule has 1 saturated heterocycles. The summed E-state index contributed by atoms with van der Waals surface area (Å²) in [5.41, 5.74) is -1.91. The minimum Gasteiger partial charge on any atom is -0.481 e. The first-order valence-electron chi connectivity index (χ1n) is 7.68. The Bertz CT molecular complexity index is 679. The Morgan fingerprint density at radius 1 is 1.42 bits per heavy atom. The van der Waals surface area contributed by atoms with Gasteiger partial charge in [0.25, 0.3) is 0 Å². The fourth-order valence-electron chi connectivity index (χ4n) is 2.55. The second kappa shape index (κ2) is 8.09. The topological polar surface area (TPSA) is 101 Å². The number of pyridine rings is 1. The maximum absolute atomic E-state index is 12.6. The van der Waals surface area contributed by atoms with Crippen LogP contribution < -0.4 is 10.6 Å². The average Bonchev–Trinajstić information content (AvgIpc) is 2.94. The summed E-state index contributed by atoms with van der Waals surface area (Å²) in [6.45, 7) is 0.537. The van der Waals surface area contributed by atoms with Gasteiger partial charge in [-0.15, -0.1) is 0 Å². The molecule has 2 rings (SSSR count). The third kappa shape index (κ3) is 5.46. The maximum Gasteiger partial charge on any atom is 0.417 e. The van der Waals surface area contributed by atoms with Gasteiger partial charge < -0.3 is 20.5 Å². The van der Waals surface area contributed by atoms with Crippen molar-refractivity contribution < 1.29 is 32.6 Å². The lowest BCUT2D eigenvalue weighted by Crippen LogP contribution is -2.50. The zero-order valence-corrected chi connectivity index (χ0v) is 14.3. The van der Waals surface area contributed by atoms with Crippen molar-refractivity contribution in [3.63, 3.8) is 0 Å². The Morgan fingerprint density at radius 2 is 2.15 bits per heavy atom. The molecule has 144 valence electrons. The van der Waals surface area contributed by atoms with Crippen LogP contribution in [-0.2, 0) is 20.5 Å². The zero-order valence-electron chi connectivity index (χ0n) is 13.5. The molecule has 0 aliphatic carbocycles. The molecular weight excluding hydrogens is 379 g/mol. The van der Waals surface area contributed by atoms with Gasteiger partial charge in [-0.2, -0.15) is 13.2 Å². The standard InChI is InChI=1S/C15H17ClF3N3O4/c16-10-5-9(15(17,18)19)7-21-13(10)20-3-1-11(23)22-14(6-12(24)25)2-4-26-8-14/h5,7H,1-4,6,8H2,(H,20,21)(H,22,23)(H,24,25). The van der Waals surface area contributed by atoms with Crippen LogP contribution in [0.2, 0.25) is 5.02 Å². The molecule has 0 saturated carbocycles. The highest BCUT2D eigenvalue weighted by Crippen LogP contribution is 2.32. The molecule has 0 bridgehead atoms. The molecule has 3 N–H and O–H groups in total. The lowest BCUT2D eigenvalue weighted by atomic mass is 9.94. The number of carboxylic acids is 1. The fraction of sp³-hybridized carbons (Fsp3) is 0.533. The van der Waals surface area contributed by atoms with Gasteiger partial charge in [0.2, 0.25) is 5.91 Å². The first-order valence-corrected chi connectivity index (χ1v) is 8.06. The molecule has 1 amide bonds. The molecule has 1 aromatic heterocycles. The molecule has 7 nitrogen and oxygen atoms in total. The van der Waals surface area contributed by atoms with Crippen LogP contribution in [0, 0.1) is 0 Å². The lowest BCUT2D eigenvalue weighted by Gasteiger charge is -2.27. The van der Waals surface area contributed by atoms with E-state index < -0.39 is 29.2 Å². The minimum atomic E-state index is -4.54. The number of ether oxygens (including phenoxy) is 1. The van der Waals surface area contributed by atoms with E-state index in [1.165, 1.54) is 0 Å². The molecule has 26 heavy (non-hydrogen) atoms. The Labute approximate surface area is 151 Å². The smallest absolute Gasteiger partial charge is 0.417 e. The number of nitrogens with zero attached hydrogens (tertiary/aromatic N) is 1. The third-order valence-electron chi connectivity index (χ3n) is 3.81. The molecule has 0 radical (unpaired) electrons. The van der Waals surface area contributed by atoms with Crippen molar-refractivity contribution in [1.82, 2.24) is 10.3 Å². The molecule has 1 aromatic rings. The van der Waals surface area contributed by atoms with Crippen molar-refractivity contribution in [2.45, 2.75) is 31.0 Å². The molecule has 1 atom stereocenters. The highest BCUT2D eigenvalue weighted by Gasteiger charge is 2.38. The van der Waals surface area contributed by atoms with E-state index in [2.05, 4.69) is 15.6 Å². The van der Waals surface area contributed by atoms with E-state index >= 15 is 0 Å². The van der Waals surface area contributed by atoms with Crippen molar-refractivity contribution in [2.75, 3.05) is 25.1 Å². The fourth-order valence-corrected chi connectivity index (χ4v) is 2.79. The lowest BCUT2D eigenvalue weighted by molar-refractivity contribution is -0.139. The molecule has 11 heteroatoms. The second-order valence-electron chi connectivity index (χ2n) is 5.93. The van der Waals surface area contributed by atoms with Gasteiger partial charge in [-0.05, 0) is 12.5 Å². The van der Waals surface area contributed by atoms with Crippen LogP contribution in [0.1, 0.15) is 24.8 Å². The van der Waals surface area contributed by atoms with E-state index in [0.717, 1.165) is 6.07 Å². The molecule has 2 heterocycles. The number of carboxylic acid groups (broad SMARTS) is 1. The largest absolute Gasteiger partial charge is 0.481 e. The molecule has 1 unspecified atom stereocenters. The van der Waals surface area contributed by atoms with E-state index in [4.69, 9.17) is 21.4 Å². The number of alkyl halides is 3. The number of hydrogen-bond donors (Lipinski definition) is 3. The van der Waals surface area contributed by atoms with Gasteiger partial charge in [0.05, 0.1) is 29.2 Å². The van der Waals surface area contributed by atoms with Gasteiger partial charge in [0, 0.05) is 25.8 Å². The number of hydrogen-bond acceptors (Lipinski definition) is 5. The van der Waals surface area contributed by atoms with E-state index in [1.54, 1.807) is 0 Å². The SMILES string of the molecule is O=C(O)CC1(NC(=O)CCNc2ncc(C(F)(F)F)cc2Cl)CCOC1. The number of amides is 1. The summed E-state index contributed by atoms with van der Waals surface area (Å²) in [5.74, 6) is -1.43. The second-order valence-corrected chi connectivity index (χ2v) is 6.34. The van der Waals surface area contributed by atoms with E-state index in [1.807, 2.05) is 0 Å². The highest BCUT2D eigenvalue weighted by atomic mass is 35.5. The third-order valence-corrected chi connectivity index (χ3v) is 4.10. The van der Waals surface area contributed by atoms with E-state index in [9.17, 15) is 22.8 Å². The van der Waals surface area contributed by atoms with Crippen LogP contribution in [0.5, 0.6) is 0 Å². The number of carbonyl (C=O) groups excluding carboxylic acids is 1. The van der Waals surface area contributed by atoms with Crippen LogP contribution >= 0.6 is 11.6 Å². The summed E-state index contributed by atoms with van der Waals surface area (Å²) < 4.78 is 42.8.